The van der Waals surface area contributed by atoms with Crippen molar-refractivity contribution in [3.8, 4) is 0 Å². The van der Waals surface area contributed by atoms with E-state index in [1.54, 1.807) is 0 Å². The first-order valence-electron chi connectivity index (χ1n) is 6.64. The predicted molar refractivity (Wildman–Crippen MR) is 77.5 cm³/mol. The summed E-state index contributed by atoms with van der Waals surface area (Å²) < 4.78 is 0. The molecule has 0 heterocycles. The summed E-state index contributed by atoms with van der Waals surface area (Å²) in [4.78, 5) is 0. The molecule has 0 aliphatic carbocycles. The standard InChI is InChI=1S/C7H8.2C4H9.Al.H/c1-7-5-3-2-4-6-7;2*1-3-4-2;;/h2-6H,1H3;2*1,3-4H2,2H3;;/q;;;+1;-1. The minimum atomic E-state index is 0. The topological polar surface area (TPSA) is 0 Å². The number of benzene rings is 1. The van der Waals surface area contributed by atoms with Gasteiger partial charge in [-0.25, -0.2) is 0 Å². The first-order chi connectivity index (χ1) is 7.81. The zero-order valence-corrected chi connectivity index (χ0v) is 12.4. The third kappa shape index (κ3) is 11.8. The van der Waals surface area contributed by atoms with Gasteiger partial charge in [-0.3, -0.25) is 0 Å². The molecule has 0 nitrogen and oxygen atoms in total. The maximum Gasteiger partial charge on any atom is -0.0398 e. The summed E-state index contributed by atoms with van der Waals surface area (Å²) in [6.45, 7) is 6.64. The van der Waals surface area contributed by atoms with Crippen LogP contribution in [0.5, 0.6) is 0 Å². The van der Waals surface area contributed by atoms with Crippen molar-refractivity contribution in [3.05, 3.63) is 35.9 Å². The van der Waals surface area contributed by atoms with Crippen LogP contribution in [0.15, 0.2) is 30.3 Å². The molecule has 0 radical (unpaired) electrons. The Balaban J connectivity index is 0. The molecule has 90 valence electrons. The summed E-state index contributed by atoms with van der Waals surface area (Å²) in [5.41, 5.74) is 1.32. The third-order valence-electron chi connectivity index (χ3n) is 2.46. The molecule has 0 bridgehead atoms. The van der Waals surface area contributed by atoms with Gasteiger partial charge in [-0.1, -0.05) is 35.9 Å². The van der Waals surface area contributed by atoms with Gasteiger partial charge in [-0.05, 0) is 6.92 Å². The summed E-state index contributed by atoms with van der Waals surface area (Å²) in [6, 6.07) is 10.3. The van der Waals surface area contributed by atoms with E-state index in [0.29, 0.717) is 0 Å². The van der Waals surface area contributed by atoms with E-state index in [-0.39, 0.29) is 1.43 Å². The second kappa shape index (κ2) is 12.8. The number of hydrogen-bond acceptors (Lipinski definition) is 0. The second-order valence-electron chi connectivity index (χ2n) is 4.23. The monoisotopic (exact) mass is 234 g/mol. The summed E-state index contributed by atoms with van der Waals surface area (Å²) in [7, 11) is 0. The van der Waals surface area contributed by atoms with Crippen LogP contribution in [0.2, 0.25) is 10.6 Å². The average molecular weight is 234 g/mol. The molecular weight excluding hydrogens is 207 g/mol. The molecule has 0 N–H and O–H groups in total. The largest absolute Gasteiger partial charge is 1.00 e. The molecule has 0 unspecified atom stereocenters. The van der Waals surface area contributed by atoms with Crippen molar-refractivity contribution in [3.63, 3.8) is 0 Å². The van der Waals surface area contributed by atoms with Gasteiger partial charge in [0.05, 0.1) is 0 Å². The summed E-state index contributed by atoms with van der Waals surface area (Å²) in [5, 5.41) is 3.08. The average Bonchev–Trinajstić information content (AvgIpc) is 2.31. The first kappa shape index (κ1) is 15.8. The van der Waals surface area contributed by atoms with Gasteiger partial charge in [-0.15, -0.1) is 0 Å². The Morgan fingerprint density at radius 2 is 1.44 bits per heavy atom. The molecule has 0 saturated carbocycles. The molecule has 0 atom stereocenters. The Morgan fingerprint density at radius 3 is 1.75 bits per heavy atom. The Morgan fingerprint density at radius 1 is 0.938 bits per heavy atom. The number of unbranched alkanes of at least 4 members (excludes halogenated alkanes) is 2. The van der Waals surface area contributed by atoms with Gasteiger partial charge in [0.25, 0.3) is 0 Å². The van der Waals surface area contributed by atoms with E-state index in [2.05, 4.69) is 32.9 Å². The van der Waals surface area contributed by atoms with Gasteiger partial charge in [0, 0.05) is 0 Å². The van der Waals surface area contributed by atoms with E-state index in [1.165, 1.54) is 41.8 Å². The summed E-state index contributed by atoms with van der Waals surface area (Å²) in [5.74, 6) is 0. The van der Waals surface area contributed by atoms with E-state index < -0.39 is 0 Å². The predicted octanol–water partition coefficient (Wildman–Crippen LogP) is 5.23. The van der Waals surface area contributed by atoms with E-state index in [1.807, 2.05) is 18.2 Å². The SMILES string of the molecule is CCC[CH2][Al+][CH2]CCC.Cc1ccccc1.[H-]. The van der Waals surface area contributed by atoms with Crippen molar-refractivity contribution in [1.29, 1.82) is 0 Å². The van der Waals surface area contributed by atoms with E-state index >= 15 is 0 Å². The van der Waals surface area contributed by atoms with E-state index in [0.717, 1.165) is 15.2 Å². The Bertz CT molecular complexity index is 218. The summed E-state index contributed by atoms with van der Waals surface area (Å²) >= 11 is 0.818. The van der Waals surface area contributed by atoms with Crippen molar-refractivity contribution in [2.75, 3.05) is 0 Å². The van der Waals surface area contributed by atoms with Crippen LogP contribution >= 0.6 is 0 Å². The molecule has 1 rings (SSSR count). The van der Waals surface area contributed by atoms with Gasteiger partial charge < -0.3 is 1.43 Å². The Labute approximate surface area is 110 Å². The molecule has 1 heteroatoms. The van der Waals surface area contributed by atoms with Crippen LogP contribution in [-0.2, 0) is 0 Å². The molecular formula is C15H27Al. The van der Waals surface area contributed by atoms with E-state index in [4.69, 9.17) is 0 Å². The van der Waals surface area contributed by atoms with Crippen molar-refractivity contribution in [2.24, 2.45) is 0 Å². The molecule has 0 fully saturated rings. The van der Waals surface area contributed by atoms with Gasteiger partial charge in [-0.2, -0.15) is 0 Å². The minimum Gasteiger partial charge on any atom is -1.00 e. The fourth-order valence-electron chi connectivity index (χ4n) is 1.38. The Hall–Kier alpha value is -0.248. The first-order valence-corrected chi connectivity index (χ1v) is 8.27. The molecule has 0 aliphatic rings. The molecule has 16 heavy (non-hydrogen) atoms. The van der Waals surface area contributed by atoms with Crippen molar-refractivity contribution in [1.82, 2.24) is 0 Å². The van der Waals surface area contributed by atoms with Crippen LogP contribution in [0.3, 0.4) is 0 Å². The van der Waals surface area contributed by atoms with Crippen LogP contribution in [0.1, 0.15) is 46.5 Å². The van der Waals surface area contributed by atoms with Crippen molar-refractivity contribution < 1.29 is 1.43 Å². The zero-order valence-electron chi connectivity index (χ0n) is 12.2. The van der Waals surface area contributed by atoms with Gasteiger partial charge in [0.15, 0.2) is 0 Å². The zero-order chi connectivity index (χ0) is 12.1. The maximum absolute atomic E-state index is 2.28. The molecule has 0 aromatic heterocycles. The van der Waals surface area contributed by atoms with Crippen LogP contribution in [0.25, 0.3) is 0 Å². The van der Waals surface area contributed by atoms with Crippen molar-refractivity contribution >= 4 is 15.2 Å². The molecule has 0 spiro atoms. The molecule has 0 amide bonds. The van der Waals surface area contributed by atoms with E-state index in [9.17, 15) is 0 Å². The molecule has 1 aromatic rings. The number of hydrogen-bond donors (Lipinski definition) is 0. The van der Waals surface area contributed by atoms with Crippen LogP contribution in [-0.4, -0.2) is 15.2 Å². The quantitative estimate of drug-likeness (QED) is 0.466. The summed E-state index contributed by atoms with van der Waals surface area (Å²) in [6.07, 6.45) is 5.72. The Kier molecular flexibility index (Phi) is 12.6. The number of aryl methyl sites for hydroxylation is 1. The second-order valence-corrected chi connectivity index (χ2v) is 5.96. The van der Waals surface area contributed by atoms with Crippen molar-refractivity contribution in [2.45, 2.75) is 57.0 Å². The third-order valence-corrected chi connectivity index (χ3v) is 4.10. The maximum atomic E-state index is 2.28. The van der Waals surface area contributed by atoms with Crippen LogP contribution in [0.4, 0.5) is 0 Å². The normalized spacial score (nSPS) is 8.94. The molecule has 0 saturated heterocycles. The minimum absolute atomic E-state index is 0. The van der Waals surface area contributed by atoms with Gasteiger partial charge in [0.1, 0.15) is 0 Å². The fourth-order valence-corrected chi connectivity index (χ4v) is 3.06. The fraction of sp³-hybridized carbons (Fsp3) is 0.600. The smallest absolute Gasteiger partial charge is 0.0398 e. The van der Waals surface area contributed by atoms with Crippen LogP contribution < -0.4 is 0 Å². The molecule has 1 aromatic carbocycles. The van der Waals surface area contributed by atoms with Gasteiger partial charge >= 0.3 is 65.3 Å². The molecule has 0 aliphatic heterocycles. The van der Waals surface area contributed by atoms with Gasteiger partial charge in [0.2, 0.25) is 0 Å². The number of rotatable bonds is 6. The van der Waals surface area contributed by atoms with Crippen LogP contribution in [0, 0.1) is 6.92 Å².